The molecule has 0 aliphatic heterocycles. The summed E-state index contributed by atoms with van der Waals surface area (Å²) in [6, 6.07) is 5.33. The molecule has 20 unspecified atom stereocenters. The monoisotopic (exact) mass is 938 g/mol. The van der Waals surface area contributed by atoms with E-state index in [0.717, 1.165) is 13.5 Å². The quantitative estimate of drug-likeness (QED) is 0.172. The highest BCUT2D eigenvalue weighted by atomic mass is 32.9. The van der Waals surface area contributed by atoms with Gasteiger partial charge in [-0.15, -0.1) is 107 Å². The lowest BCUT2D eigenvalue weighted by atomic mass is 10.2. The van der Waals surface area contributed by atoms with Crippen LogP contribution in [0.15, 0.2) is 18.2 Å². The number of hydrogen-bond donors (Lipinski definition) is 2. The maximum absolute atomic E-state index is 13.1. The van der Waals surface area contributed by atoms with Crippen molar-refractivity contribution in [2.45, 2.75) is 16.2 Å². The van der Waals surface area contributed by atoms with E-state index >= 15 is 0 Å². The van der Waals surface area contributed by atoms with Crippen molar-refractivity contribution in [1.82, 2.24) is 0 Å². The van der Waals surface area contributed by atoms with Crippen LogP contribution in [0.4, 0.5) is 21.0 Å². The van der Waals surface area contributed by atoms with Crippen LogP contribution in [-0.2, 0) is 9.47 Å². The van der Waals surface area contributed by atoms with Gasteiger partial charge in [0.05, 0.1) is 9.28 Å². The summed E-state index contributed by atoms with van der Waals surface area (Å²) in [6.45, 7) is 1.89. The lowest BCUT2D eigenvalue weighted by Crippen LogP contribution is -2.27. The minimum atomic E-state index is -0.506. The van der Waals surface area contributed by atoms with Crippen molar-refractivity contribution < 1.29 is 19.1 Å². The molecule has 2 N–H and O–H groups in total. The summed E-state index contributed by atoms with van der Waals surface area (Å²) >= 11 is 0. The van der Waals surface area contributed by atoms with Crippen LogP contribution >= 0.6 is 175 Å². The molecule has 0 spiro atoms. The Bertz CT molecular complexity index is 976. The van der Waals surface area contributed by atoms with Crippen LogP contribution in [0.3, 0.4) is 0 Å². The Morgan fingerprint density at radius 1 is 0.875 bits per heavy atom. The molecule has 0 saturated carbocycles. The van der Waals surface area contributed by atoms with Crippen LogP contribution in [0.2, 0.25) is 0 Å². The number of ether oxygens (including phenoxy) is 2. The Balaban J connectivity index is 2.99. The Morgan fingerprint density at radius 2 is 1.45 bits per heavy atom. The Labute approximate surface area is 279 Å². The van der Waals surface area contributed by atoms with Gasteiger partial charge in [0.1, 0.15) is 13.2 Å². The van der Waals surface area contributed by atoms with Crippen molar-refractivity contribution >= 4 is 198 Å². The molecule has 20 atom stereocenters. The number of anilines is 2. The summed E-state index contributed by atoms with van der Waals surface area (Å²) in [4.78, 5) is 25.5. The van der Waals surface area contributed by atoms with E-state index in [1.54, 1.807) is 12.1 Å². The summed E-state index contributed by atoms with van der Waals surface area (Å²) in [5.41, 5.74) is 2.05. The highest BCUT2D eigenvalue weighted by Gasteiger charge is 2.51. The predicted molar refractivity (Wildman–Crippen MR) is 250 cm³/mol. The van der Waals surface area contributed by atoms with Gasteiger partial charge in [-0.25, -0.2) is 9.59 Å². The molecule has 2 amide bonds. The van der Waals surface area contributed by atoms with E-state index in [1.165, 1.54) is 0 Å². The summed E-state index contributed by atoms with van der Waals surface area (Å²) in [6.07, 6.45) is -0.966. The molecule has 1 aromatic rings. The van der Waals surface area contributed by atoms with Crippen LogP contribution < -0.4 is 10.6 Å². The van der Waals surface area contributed by atoms with Crippen LogP contribution in [0.1, 0.15) is 5.56 Å². The Kier molecular flexibility index (Phi) is 25.3. The van der Waals surface area contributed by atoms with Gasteiger partial charge in [0, 0.05) is 11.4 Å². The fourth-order valence-electron chi connectivity index (χ4n) is 2.86. The zero-order chi connectivity index (χ0) is 30.8. The van der Waals surface area contributed by atoms with E-state index in [4.69, 9.17) is 9.47 Å². The molecular weight excluding hydrogens is 899 g/mol. The fraction of sp³-hybridized carbons (Fsp3) is 0.385. The molecule has 0 bridgehead atoms. The van der Waals surface area contributed by atoms with Crippen molar-refractivity contribution in [3.63, 3.8) is 0 Å². The molecule has 0 radical (unpaired) electrons. The summed E-state index contributed by atoms with van der Waals surface area (Å²) in [7, 11) is 35.6. The van der Waals surface area contributed by atoms with Gasteiger partial charge in [0.15, 0.2) is 0 Å². The van der Waals surface area contributed by atoms with Crippen LogP contribution in [0, 0.1) is 6.92 Å². The number of carbonyl (C=O) groups excluding carboxylic acids is 2. The van der Waals surface area contributed by atoms with Gasteiger partial charge in [0.25, 0.3) is 0 Å². The molecule has 1 aromatic carbocycles. The first-order valence-corrected chi connectivity index (χ1v) is 43.6. The largest absolute Gasteiger partial charge is 0.448 e. The van der Waals surface area contributed by atoms with E-state index < -0.39 is 34.1 Å². The first kappa shape index (κ1) is 44.8. The van der Waals surface area contributed by atoms with Crippen molar-refractivity contribution in [2.75, 3.05) is 23.8 Å². The van der Waals surface area contributed by atoms with Gasteiger partial charge in [-0.3, -0.25) is 10.6 Å². The minimum Gasteiger partial charge on any atom is -0.448 e. The molecule has 0 fully saturated rings. The number of nitrogens with one attached hydrogen (secondary N) is 2. The number of carbonyl (C=O) groups is 2. The highest BCUT2D eigenvalue weighted by Crippen LogP contribution is 3.09. The lowest BCUT2D eigenvalue weighted by Gasteiger charge is -2.50. The molecule has 230 valence electrons. The van der Waals surface area contributed by atoms with Crippen LogP contribution in [-0.4, -0.2) is 34.7 Å². The highest BCUT2D eigenvalue weighted by molar-refractivity contribution is 8.93. The van der Waals surface area contributed by atoms with Gasteiger partial charge in [-0.2, -0.15) is 0 Å². The predicted octanol–water partition coefficient (Wildman–Crippen LogP) is 12.6. The molecule has 0 aliphatic rings. The smallest absolute Gasteiger partial charge is 0.411 e. The Morgan fingerprint density at radius 3 is 1.90 bits per heavy atom. The van der Waals surface area contributed by atoms with E-state index in [-0.39, 0.29) is 30.6 Å². The third kappa shape index (κ3) is 13.8. The first-order chi connectivity index (χ1) is 18.6. The molecule has 0 saturated heterocycles. The summed E-state index contributed by atoms with van der Waals surface area (Å²) < 4.78 is 11.3. The summed E-state index contributed by atoms with van der Waals surface area (Å²) in [5, 5.41) is 5.71. The third-order valence-electron chi connectivity index (χ3n) is 5.07. The van der Waals surface area contributed by atoms with Crippen molar-refractivity contribution in [3.8, 4) is 0 Å². The molecular formula is C13H39N2O4P21. The zero-order valence-corrected chi connectivity index (χ0v) is 43.6. The zero-order valence-electron chi connectivity index (χ0n) is 21.4. The van der Waals surface area contributed by atoms with Gasteiger partial charge in [-0.1, -0.05) is 31.5 Å². The molecule has 0 aromatic heterocycles. The standard InChI is InChI=1S/C13H39N2O4P21/c1-7-4-8(14-10(16)18-5-12(20,32-21)35(24)25)2-3-9(7)15-11(17)19-6-13(36(26)33-22,37(27)39(28)29)38(34-23)40(30)31/h2-4,32-34H,5-6,20-31H2,1H3,(H,14,16)(H,15,17). The van der Waals surface area contributed by atoms with E-state index in [9.17, 15) is 9.59 Å². The molecule has 27 heteroatoms. The number of benzene rings is 1. The number of rotatable bonds is 15. The fourth-order valence-corrected chi connectivity index (χ4v) is 85.0. The first-order valence-electron chi connectivity index (χ1n) is 10.6. The van der Waals surface area contributed by atoms with Crippen LogP contribution in [0.5, 0.6) is 0 Å². The molecule has 40 heavy (non-hydrogen) atoms. The second-order valence-electron chi connectivity index (χ2n) is 7.73. The van der Waals surface area contributed by atoms with Crippen molar-refractivity contribution in [1.29, 1.82) is 0 Å². The second kappa shape index (κ2) is 22.6. The average Bonchev–Trinajstić information content (AvgIpc) is 2.89. The average molecular weight is 938 g/mol. The van der Waals surface area contributed by atoms with E-state index in [1.807, 2.05) is 13.0 Å². The summed E-state index contributed by atoms with van der Waals surface area (Å²) in [5.74, 6) is 0. The van der Waals surface area contributed by atoms with Gasteiger partial charge < -0.3 is 9.47 Å². The van der Waals surface area contributed by atoms with Gasteiger partial charge in [0.2, 0.25) is 0 Å². The van der Waals surface area contributed by atoms with Crippen LogP contribution in [0.25, 0.3) is 0 Å². The molecule has 1 rings (SSSR count). The number of hydrogen-bond acceptors (Lipinski definition) is 4. The second-order valence-corrected chi connectivity index (χ2v) is 63.2. The minimum absolute atomic E-state index is 0.0414. The van der Waals surface area contributed by atoms with E-state index in [0.29, 0.717) is 40.8 Å². The SMILES string of the molecule is Cc1cc(NC(=O)OCC(P)(PP)P(P)P)ccc1NC(=O)OCC(P(P)PP)(P(P)P(P)P)P(PP)P(P)P. The number of amides is 2. The Hall–Kier alpha value is 6.79. The van der Waals surface area contributed by atoms with Crippen molar-refractivity contribution in [2.24, 2.45) is 0 Å². The normalized spacial score (nSPS) is 18.0. The van der Waals surface area contributed by atoms with E-state index in [2.05, 4.69) is 118 Å². The van der Waals surface area contributed by atoms with Gasteiger partial charge in [-0.05, 0) is 66.6 Å². The van der Waals surface area contributed by atoms with Crippen molar-refractivity contribution in [3.05, 3.63) is 23.8 Å². The lowest BCUT2D eigenvalue weighted by molar-refractivity contribution is 0.164. The molecule has 0 heterocycles. The maximum Gasteiger partial charge on any atom is 0.411 e. The third-order valence-corrected chi connectivity index (χ3v) is 78.8. The topological polar surface area (TPSA) is 76.7 Å². The molecule has 6 nitrogen and oxygen atoms in total. The maximum atomic E-state index is 13.1. The molecule has 0 aliphatic carbocycles. The van der Waals surface area contributed by atoms with Gasteiger partial charge >= 0.3 is 12.2 Å². The number of aryl methyl sites for hydroxylation is 1.